The third-order valence-corrected chi connectivity index (χ3v) is 4.36. The Morgan fingerprint density at radius 3 is 2.67 bits per heavy atom. The number of rotatable bonds is 6. The zero-order valence-electron chi connectivity index (χ0n) is 13.5. The number of piperidine rings is 1. The molecule has 7 heteroatoms. The molecule has 1 unspecified atom stereocenters. The Morgan fingerprint density at radius 2 is 1.92 bits per heavy atom. The highest BCUT2D eigenvalue weighted by molar-refractivity contribution is 5.93. The monoisotopic (exact) mass is 334 g/mol. The fourth-order valence-corrected chi connectivity index (χ4v) is 3.09. The van der Waals surface area contributed by atoms with Gasteiger partial charge in [-0.05, 0) is 38.1 Å². The van der Waals surface area contributed by atoms with Crippen molar-refractivity contribution < 1.29 is 24.2 Å². The fraction of sp³-hybridized carbons (Fsp3) is 0.529. The maximum absolute atomic E-state index is 12.2. The maximum atomic E-state index is 12.2. The summed E-state index contributed by atoms with van der Waals surface area (Å²) in [4.78, 5) is 25.8. The number of likely N-dealkylation sites (tertiary alicyclic amines) is 1. The molecule has 1 amide bonds. The highest BCUT2D eigenvalue weighted by Gasteiger charge is 2.25. The molecule has 0 aliphatic carbocycles. The summed E-state index contributed by atoms with van der Waals surface area (Å²) < 4.78 is 10.5. The average molecular weight is 334 g/mol. The van der Waals surface area contributed by atoms with Gasteiger partial charge in [0, 0.05) is 24.7 Å². The lowest BCUT2D eigenvalue weighted by atomic mass is 10.0. The number of aliphatic carboxylic acids is 1. The third kappa shape index (κ3) is 4.17. The van der Waals surface area contributed by atoms with Crippen LogP contribution in [0.15, 0.2) is 18.2 Å². The molecular weight excluding hydrogens is 312 g/mol. The molecular formula is C17H22N2O5. The van der Waals surface area contributed by atoms with Gasteiger partial charge in [-0.25, -0.2) is 0 Å². The SMILES string of the molecule is O=C(CC(CN1CCCCC1)C(=O)O)Nc1ccc2c(c1)OCO2. The second-order valence-electron chi connectivity index (χ2n) is 6.22. The van der Waals surface area contributed by atoms with Gasteiger partial charge < -0.3 is 24.8 Å². The van der Waals surface area contributed by atoms with Crippen LogP contribution in [0.2, 0.25) is 0 Å². The number of carbonyl (C=O) groups is 2. The van der Waals surface area contributed by atoms with Crippen LogP contribution < -0.4 is 14.8 Å². The molecule has 1 atom stereocenters. The van der Waals surface area contributed by atoms with Gasteiger partial charge in [-0.1, -0.05) is 6.42 Å². The largest absolute Gasteiger partial charge is 0.481 e. The van der Waals surface area contributed by atoms with E-state index in [0.717, 1.165) is 25.9 Å². The van der Waals surface area contributed by atoms with E-state index in [4.69, 9.17) is 9.47 Å². The van der Waals surface area contributed by atoms with Crippen molar-refractivity contribution in [2.45, 2.75) is 25.7 Å². The van der Waals surface area contributed by atoms with Crippen molar-refractivity contribution in [3.05, 3.63) is 18.2 Å². The van der Waals surface area contributed by atoms with E-state index < -0.39 is 11.9 Å². The first-order valence-electron chi connectivity index (χ1n) is 8.26. The van der Waals surface area contributed by atoms with Crippen molar-refractivity contribution in [2.24, 2.45) is 5.92 Å². The number of amides is 1. The molecule has 24 heavy (non-hydrogen) atoms. The van der Waals surface area contributed by atoms with Gasteiger partial charge in [0.15, 0.2) is 11.5 Å². The van der Waals surface area contributed by atoms with Crippen LogP contribution in [0.4, 0.5) is 5.69 Å². The number of hydrogen-bond acceptors (Lipinski definition) is 5. The van der Waals surface area contributed by atoms with Crippen LogP contribution in [0.3, 0.4) is 0 Å². The summed E-state index contributed by atoms with van der Waals surface area (Å²) in [5.74, 6) is -0.714. The molecule has 3 rings (SSSR count). The van der Waals surface area contributed by atoms with Gasteiger partial charge >= 0.3 is 5.97 Å². The number of hydrogen-bond donors (Lipinski definition) is 2. The van der Waals surface area contributed by atoms with Crippen LogP contribution in [-0.2, 0) is 9.59 Å². The van der Waals surface area contributed by atoms with Gasteiger partial charge in [-0.3, -0.25) is 9.59 Å². The number of nitrogens with zero attached hydrogens (tertiary/aromatic N) is 1. The molecule has 0 radical (unpaired) electrons. The number of ether oxygens (including phenoxy) is 2. The van der Waals surface area contributed by atoms with Crippen molar-refractivity contribution in [2.75, 3.05) is 31.7 Å². The van der Waals surface area contributed by atoms with E-state index in [9.17, 15) is 14.7 Å². The van der Waals surface area contributed by atoms with Crippen LogP contribution >= 0.6 is 0 Å². The number of fused-ring (bicyclic) bond motifs is 1. The number of carboxylic acid groups (broad SMARTS) is 1. The average Bonchev–Trinajstić information content (AvgIpc) is 3.02. The summed E-state index contributed by atoms with van der Waals surface area (Å²) in [5, 5.41) is 12.1. The highest BCUT2D eigenvalue weighted by atomic mass is 16.7. The highest BCUT2D eigenvalue weighted by Crippen LogP contribution is 2.34. The Kier molecular flexibility index (Phi) is 5.20. The Labute approximate surface area is 140 Å². The van der Waals surface area contributed by atoms with Crippen molar-refractivity contribution in [1.29, 1.82) is 0 Å². The second-order valence-corrected chi connectivity index (χ2v) is 6.22. The number of nitrogens with one attached hydrogen (secondary N) is 1. The van der Waals surface area contributed by atoms with Gasteiger partial charge in [0.05, 0.1) is 5.92 Å². The van der Waals surface area contributed by atoms with E-state index in [1.165, 1.54) is 6.42 Å². The van der Waals surface area contributed by atoms with E-state index in [1.807, 2.05) is 0 Å². The van der Waals surface area contributed by atoms with Crippen molar-refractivity contribution in [3.63, 3.8) is 0 Å². The topological polar surface area (TPSA) is 88.1 Å². The van der Waals surface area contributed by atoms with Crippen LogP contribution in [-0.4, -0.2) is 48.3 Å². The van der Waals surface area contributed by atoms with Gasteiger partial charge in [0.1, 0.15) is 0 Å². The lowest BCUT2D eigenvalue weighted by molar-refractivity contribution is -0.144. The first kappa shape index (κ1) is 16.6. The molecule has 0 spiro atoms. The summed E-state index contributed by atoms with van der Waals surface area (Å²) in [6.45, 7) is 2.41. The molecule has 0 bridgehead atoms. The predicted octanol–water partition coefficient (Wildman–Crippen LogP) is 1.93. The number of anilines is 1. The standard InChI is InChI=1S/C17H22N2O5/c20-16(18-13-4-5-14-15(9-13)24-11-23-14)8-12(17(21)22)10-19-6-2-1-3-7-19/h4-5,9,12H,1-3,6-8,10-11H2,(H,18,20)(H,21,22). The summed E-state index contributed by atoms with van der Waals surface area (Å²) >= 11 is 0. The smallest absolute Gasteiger partial charge is 0.308 e. The van der Waals surface area contributed by atoms with Crippen LogP contribution in [0.5, 0.6) is 11.5 Å². The second kappa shape index (κ2) is 7.53. The van der Waals surface area contributed by atoms with Crippen LogP contribution in [0.1, 0.15) is 25.7 Å². The van der Waals surface area contributed by atoms with Gasteiger partial charge in [0.25, 0.3) is 0 Å². The summed E-state index contributed by atoms with van der Waals surface area (Å²) in [5.41, 5.74) is 0.575. The first-order valence-corrected chi connectivity index (χ1v) is 8.26. The number of carboxylic acids is 1. The zero-order valence-corrected chi connectivity index (χ0v) is 13.5. The fourth-order valence-electron chi connectivity index (χ4n) is 3.09. The van der Waals surface area contributed by atoms with Crippen molar-refractivity contribution in [1.82, 2.24) is 4.90 Å². The Balaban J connectivity index is 1.56. The first-order chi connectivity index (χ1) is 11.6. The molecule has 1 fully saturated rings. The van der Waals surface area contributed by atoms with E-state index >= 15 is 0 Å². The summed E-state index contributed by atoms with van der Waals surface area (Å²) in [6, 6.07) is 5.12. The predicted molar refractivity (Wildman–Crippen MR) is 87.2 cm³/mol. The minimum absolute atomic E-state index is 0.0414. The normalized spacial score (nSPS) is 18.2. The molecule has 130 valence electrons. The van der Waals surface area contributed by atoms with Gasteiger partial charge in [-0.2, -0.15) is 0 Å². The van der Waals surface area contributed by atoms with E-state index in [1.54, 1.807) is 18.2 Å². The van der Waals surface area contributed by atoms with Gasteiger partial charge in [-0.15, -0.1) is 0 Å². The molecule has 0 saturated carbocycles. The van der Waals surface area contributed by atoms with Crippen molar-refractivity contribution in [3.8, 4) is 11.5 Å². The number of benzene rings is 1. The molecule has 2 heterocycles. The summed E-state index contributed by atoms with van der Waals surface area (Å²) in [6.07, 6.45) is 3.34. The van der Waals surface area contributed by atoms with Crippen LogP contribution in [0.25, 0.3) is 0 Å². The Morgan fingerprint density at radius 1 is 1.17 bits per heavy atom. The van der Waals surface area contributed by atoms with Gasteiger partial charge in [0.2, 0.25) is 12.7 Å². The molecule has 1 aromatic carbocycles. The minimum Gasteiger partial charge on any atom is -0.481 e. The van der Waals surface area contributed by atoms with Crippen LogP contribution in [0, 0.1) is 5.92 Å². The molecule has 0 aromatic heterocycles. The molecule has 1 aromatic rings. The summed E-state index contributed by atoms with van der Waals surface area (Å²) in [7, 11) is 0. The molecule has 2 aliphatic heterocycles. The molecule has 2 aliphatic rings. The Hall–Kier alpha value is -2.28. The van der Waals surface area contributed by atoms with Crippen molar-refractivity contribution >= 4 is 17.6 Å². The lowest BCUT2D eigenvalue weighted by Gasteiger charge is -2.28. The molecule has 1 saturated heterocycles. The Bertz CT molecular complexity index is 613. The lowest BCUT2D eigenvalue weighted by Crippen LogP contribution is -2.38. The molecule has 7 nitrogen and oxygen atoms in total. The third-order valence-electron chi connectivity index (χ3n) is 4.36. The van der Waals surface area contributed by atoms with E-state index in [-0.39, 0.29) is 19.1 Å². The number of carbonyl (C=O) groups excluding carboxylic acids is 1. The van der Waals surface area contributed by atoms with E-state index in [0.29, 0.717) is 23.7 Å². The molecule has 2 N–H and O–H groups in total. The van der Waals surface area contributed by atoms with E-state index in [2.05, 4.69) is 10.2 Å². The minimum atomic E-state index is -0.929. The maximum Gasteiger partial charge on any atom is 0.308 e. The zero-order chi connectivity index (χ0) is 16.9. The quantitative estimate of drug-likeness (QED) is 0.826.